The second-order valence-corrected chi connectivity index (χ2v) is 5.47. The molecule has 0 aliphatic carbocycles. The minimum Gasteiger partial charge on any atom is -0.484 e. The lowest BCUT2D eigenvalue weighted by Crippen LogP contribution is -1.95. The molecule has 1 aromatic heterocycles. The molecule has 0 spiro atoms. The summed E-state index contributed by atoms with van der Waals surface area (Å²) >= 11 is 3.38. The van der Waals surface area contributed by atoms with Crippen molar-refractivity contribution in [3.63, 3.8) is 0 Å². The molecule has 1 heterocycles. The Labute approximate surface area is 130 Å². The lowest BCUT2D eigenvalue weighted by Gasteiger charge is -2.02. The first kappa shape index (κ1) is 13.8. The number of nitrogens with zero attached hydrogens (tertiary/aromatic N) is 2. The molecule has 0 radical (unpaired) electrons. The fourth-order valence-corrected chi connectivity index (χ4v) is 2.17. The van der Waals surface area contributed by atoms with Gasteiger partial charge in [0, 0.05) is 10.0 Å². The minimum atomic E-state index is 0.251. The van der Waals surface area contributed by atoms with E-state index in [9.17, 15) is 0 Å². The van der Waals surface area contributed by atoms with Crippen LogP contribution in [-0.2, 0) is 6.61 Å². The van der Waals surface area contributed by atoms with E-state index < -0.39 is 0 Å². The SMILES string of the molecule is Cc1ccccc1-c1nnc(COc2ccc(Br)cc2)o1. The van der Waals surface area contributed by atoms with Gasteiger partial charge in [0.05, 0.1) is 0 Å². The van der Waals surface area contributed by atoms with Crippen LogP contribution in [0.25, 0.3) is 11.5 Å². The van der Waals surface area contributed by atoms with E-state index in [0.29, 0.717) is 11.8 Å². The second kappa shape index (κ2) is 6.10. The number of aryl methyl sites for hydroxylation is 1. The Bertz CT molecular complexity index is 738. The molecule has 4 nitrogen and oxygen atoms in total. The molecule has 0 aliphatic rings. The normalized spacial score (nSPS) is 10.6. The standard InChI is InChI=1S/C16H13BrN2O2/c1-11-4-2-3-5-14(11)16-19-18-15(21-16)10-20-13-8-6-12(17)7-9-13/h2-9H,10H2,1H3. The molecule has 0 saturated carbocycles. The Kier molecular flexibility index (Phi) is 4.01. The van der Waals surface area contributed by atoms with E-state index in [1.54, 1.807) is 0 Å². The van der Waals surface area contributed by atoms with Crippen LogP contribution in [0.4, 0.5) is 0 Å². The zero-order chi connectivity index (χ0) is 14.7. The molecule has 0 N–H and O–H groups in total. The quantitative estimate of drug-likeness (QED) is 0.704. The maximum absolute atomic E-state index is 5.64. The van der Waals surface area contributed by atoms with Crippen molar-refractivity contribution in [2.24, 2.45) is 0 Å². The summed E-state index contributed by atoms with van der Waals surface area (Å²) in [5, 5.41) is 8.08. The lowest BCUT2D eigenvalue weighted by atomic mass is 10.1. The number of aromatic nitrogens is 2. The number of halogens is 1. The predicted octanol–water partition coefficient (Wildman–Crippen LogP) is 4.39. The fourth-order valence-electron chi connectivity index (χ4n) is 1.91. The van der Waals surface area contributed by atoms with E-state index in [0.717, 1.165) is 21.3 Å². The Hall–Kier alpha value is -2.14. The van der Waals surface area contributed by atoms with E-state index in [4.69, 9.17) is 9.15 Å². The largest absolute Gasteiger partial charge is 0.484 e. The van der Waals surface area contributed by atoms with Gasteiger partial charge in [0.15, 0.2) is 6.61 Å². The average molecular weight is 345 g/mol. The molecule has 21 heavy (non-hydrogen) atoms. The van der Waals surface area contributed by atoms with Crippen LogP contribution in [0.15, 0.2) is 57.4 Å². The van der Waals surface area contributed by atoms with Gasteiger partial charge in [-0.2, -0.15) is 0 Å². The number of rotatable bonds is 4. The summed E-state index contributed by atoms with van der Waals surface area (Å²) in [4.78, 5) is 0. The van der Waals surface area contributed by atoms with E-state index in [-0.39, 0.29) is 6.61 Å². The molecule has 0 amide bonds. The molecular weight excluding hydrogens is 332 g/mol. The minimum absolute atomic E-state index is 0.251. The lowest BCUT2D eigenvalue weighted by molar-refractivity contribution is 0.264. The summed E-state index contributed by atoms with van der Waals surface area (Å²) in [5.41, 5.74) is 2.04. The van der Waals surface area contributed by atoms with Crippen LogP contribution >= 0.6 is 15.9 Å². The molecule has 3 aromatic rings. The molecule has 106 valence electrons. The van der Waals surface area contributed by atoms with Gasteiger partial charge in [-0.3, -0.25) is 0 Å². The van der Waals surface area contributed by atoms with Crippen molar-refractivity contribution in [2.45, 2.75) is 13.5 Å². The average Bonchev–Trinajstić information content (AvgIpc) is 2.96. The zero-order valence-electron chi connectivity index (χ0n) is 11.4. The zero-order valence-corrected chi connectivity index (χ0v) is 13.0. The Morgan fingerprint density at radius 2 is 1.81 bits per heavy atom. The molecule has 0 bridgehead atoms. The Morgan fingerprint density at radius 3 is 2.57 bits per heavy atom. The Balaban J connectivity index is 1.71. The van der Waals surface area contributed by atoms with Crippen LogP contribution < -0.4 is 4.74 Å². The molecule has 0 unspecified atom stereocenters. The van der Waals surface area contributed by atoms with Crippen molar-refractivity contribution < 1.29 is 9.15 Å². The maximum Gasteiger partial charge on any atom is 0.254 e. The van der Waals surface area contributed by atoms with E-state index in [1.807, 2.05) is 55.5 Å². The van der Waals surface area contributed by atoms with Crippen molar-refractivity contribution in [1.82, 2.24) is 10.2 Å². The molecule has 5 heteroatoms. The molecule has 2 aromatic carbocycles. The van der Waals surface area contributed by atoms with Crippen LogP contribution in [0.2, 0.25) is 0 Å². The van der Waals surface area contributed by atoms with Gasteiger partial charge in [-0.05, 0) is 42.8 Å². The van der Waals surface area contributed by atoms with Gasteiger partial charge >= 0.3 is 0 Å². The molecule has 3 rings (SSSR count). The van der Waals surface area contributed by atoms with Crippen molar-refractivity contribution in [2.75, 3.05) is 0 Å². The highest BCUT2D eigenvalue weighted by Gasteiger charge is 2.10. The van der Waals surface area contributed by atoms with Crippen molar-refractivity contribution in [1.29, 1.82) is 0 Å². The van der Waals surface area contributed by atoms with E-state index in [1.165, 1.54) is 0 Å². The van der Waals surface area contributed by atoms with Gasteiger partial charge in [0.1, 0.15) is 5.75 Å². The topological polar surface area (TPSA) is 48.2 Å². The first-order valence-corrected chi connectivity index (χ1v) is 7.28. The highest BCUT2D eigenvalue weighted by Crippen LogP contribution is 2.22. The van der Waals surface area contributed by atoms with Crippen molar-refractivity contribution in [3.8, 4) is 17.2 Å². The first-order chi connectivity index (χ1) is 10.2. The van der Waals surface area contributed by atoms with Crippen LogP contribution in [0.5, 0.6) is 5.75 Å². The van der Waals surface area contributed by atoms with Gasteiger partial charge in [-0.25, -0.2) is 0 Å². The van der Waals surface area contributed by atoms with Gasteiger partial charge in [-0.1, -0.05) is 34.1 Å². The number of benzene rings is 2. The Morgan fingerprint density at radius 1 is 1.05 bits per heavy atom. The summed E-state index contributed by atoms with van der Waals surface area (Å²) in [7, 11) is 0. The summed E-state index contributed by atoms with van der Waals surface area (Å²) in [6.45, 7) is 2.26. The predicted molar refractivity (Wildman–Crippen MR) is 82.9 cm³/mol. The van der Waals surface area contributed by atoms with Crippen LogP contribution in [0.3, 0.4) is 0 Å². The second-order valence-electron chi connectivity index (χ2n) is 4.56. The highest BCUT2D eigenvalue weighted by molar-refractivity contribution is 9.10. The number of hydrogen-bond acceptors (Lipinski definition) is 4. The fraction of sp³-hybridized carbons (Fsp3) is 0.125. The van der Waals surface area contributed by atoms with Gasteiger partial charge in [0.25, 0.3) is 5.89 Å². The summed E-state index contributed by atoms with van der Waals surface area (Å²) < 4.78 is 12.3. The van der Waals surface area contributed by atoms with Gasteiger partial charge < -0.3 is 9.15 Å². The molecule has 0 atom stereocenters. The summed E-state index contributed by atoms with van der Waals surface area (Å²) in [6, 6.07) is 15.5. The summed E-state index contributed by atoms with van der Waals surface area (Å²) in [6.07, 6.45) is 0. The number of ether oxygens (including phenoxy) is 1. The third-order valence-corrected chi connectivity index (χ3v) is 3.55. The molecule has 0 saturated heterocycles. The molecule has 0 aliphatic heterocycles. The number of hydrogen-bond donors (Lipinski definition) is 0. The smallest absolute Gasteiger partial charge is 0.254 e. The third kappa shape index (κ3) is 3.31. The monoisotopic (exact) mass is 344 g/mol. The first-order valence-electron chi connectivity index (χ1n) is 6.49. The van der Waals surface area contributed by atoms with Crippen LogP contribution in [0.1, 0.15) is 11.5 Å². The van der Waals surface area contributed by atoms with Gasteiger partial charge in [0.2, 0.25) is 5.89 Å². The highest BCUT2D eigenvalue weighted by atomic mass is 79.9. The van der Waals surface area contributed by atoms with Gasteiger partial charge in [-0.15, -0.1) is 10.2 Å². The van der Waals surface area contributed by atoms with E-state index >= 15 is 0 Å². The van der Waals surface area contributed by atoms with Crippen molar-refractivity contribution in [3.05, 3.63) is 64.5 Å². The van der Waals surface area contributed by atoms with Crippen LogP contribution in [-0.4, -0.2) is 10.2 Å². The maximum atomic E-state index is 5.64. The van der Waals surface area contributed by atoms with E-state index in [2.05, 4.69) is 26.1 Å². The molecular formula is C16H13BrN2O2. The summed E-state index contributed by atoms with van der Waals surface area (Å²) in [5.74, 6) is 1.73. The third-order valence-electron chi connectivity index (χ3n) is 3.02. The van der Waals surface area contributed by atoms with Crippen molar-refractivity contribution >= 4 is 15.9 Å². The molecule has 0 fully saturated rings. The van der Waals surface area contributed by atoms with Crippen LogP contribution in [0, 0.1) is 6.92 Å².